The molecule has 7 nitrogen and oxygen atoms in total. The van der Waals surface area contributed by atoms with Gasteiger partial charge in [-0.25, -0.2) is 18.5 Å². The van der Waals surface area contributed by atoms with Crippen LogP contribution in [0.2, 0.25) is 0 Å². The van der Waals surface area contributed by atoms with Crippen LogP contribution in [0, 0.1) is 6.92 Å². The Morgan fingerprint density at radius 1 is 1.36 bits per heavy atom. The Morgan fingerprint density at radius 3 is 2.72 bits per heavy atom. The first-order valence-electron chi connectivity index (χ1n) is 7.36. The zero-order valence-corrected chi connectivity index (χ0v) is 18.0. The van der Waals surface area contributed by atoms with Gasteiger partial charge in [0.2, 0.25) is 10.0 Å². The number of thiazole rings is 1. The Kier molecular flexibility index (Phi) is 8.76. The van der Waals surface area contributed by atoms with E-state index in [-0.39, 0.29) is 28.9 Å². The van der Waals surface area contributed by atoms with Gasteiger partial charge in [0.15, 0.2) is 5.96 Å². The van der Waals surface area contributed by atoms with Crippen LogP contribution in [-0.4, -0.2) is 33.0 Å². The molecular formula is C15H22IN5O2S2. The van der Waals surface area contributed by atoms with E-state index in [1.807, 2.05) is 18.4 Å². The summed E-state index contributed by atoms with van der Waals surface area (Å²) in [6, 6.07) is 6.51. The van der Waals surface area contributed by atoms with Crippen molar-refractivity contribution < 1.29 is 8.42 Å². The Bertz CT molecular complexity index is 821. The summed E-state index contributed by atoms with van der Waals surface area (Å²) in [6.07, 6.45) is 0.811. The van der Waals surface area contributed by atoms with Crippen molar-refractivity contribution >= 4 is 51.3 Å². The SMILES string of the molecule is CN=C(NCCc1csc(C)n1)NCc1cccc(S(N)(=O)=O)c1.I. The molecule has 0 aliphatic carbocycles. The first-order valence-corrected chi connectivity index (χ1v) is 9.78. The molecule has 0 amide bonds. The average molecular weight is 495 g/mol. The Balaban J connectivity index is 0.00000312. The largest absolute Gasteiger partial charge is 0.356 e. The van der Waals surface area contributed by atoms with E-state index in [0.717, 1.165) is 22.7 Å². The predicted molar refractivity (Wildman–Crippen MR) is 112 cm³/mol. The highest BCUT2D eigenvalue weighted by Crippen LogP contribution is 2.09. The molecule has 0 fully saturated rings. The maximum atomic E-state index is 11.4. The van der Waals surface area contributed by atoms with Crippen molar-refractivity contribution in [3.63, 3.8) is 0 Å². The van der Waals surface area contributed by atoms with E-state index in [2.05, 4.69) is 20.6 Å². The number of aliphatic imine (C=N–C) groups is 1. The van der Waals surface area contributed by atoms with Crippen molar-refractivity contribution in [1.29, 1.82) is 0 Å². The van der Waals surface area contributed by atoms with Crippen molar-refractivity contribution in [2.24, 2.45) is 10.1 Å². The fourth-order valence-electron chi connectivity index (χ4n) is 2.07. The van der Waals surface area contributed by atoms with Crippen LogP contribution in [0.1, 0.15) is 16.3 Å². The topological polar surface area (TPSA) is 109 Å². The summed E-state index contributed by atoms with van der Waals surface area (Å²) >= 11 is 1.64. The number of nitrogens with zero attached hydrogens (tertiary/aromatic N) is 2. The van der Waals surface area contributed by atoms with E-state index in [4.69, 9.17) is 5.14 Å². The van der Waals surface area contributed by atoms with Crippen molar-refractivity contribution in [3.05, 3.63) is 45.9 Å². The van der Waals surface area contributed by atoms with Gasteiger partial charge < -0.3 is 10.6 Å². The molecule has 2 rings (SSSR count). The minimum Gasteiger partial charge on any atom is -0.356 e. The average Bonchev–Trinajstić information content (AvgIpc) is 2.95. The van der Waals surface area contributed by atoms with Crippen LogP contribution in [-0.2, 0) is 23.0 Å². The lowest BCUT2D eigenvalue weighted by Gasteiger charge is -2.12. The monoisotopic (exact) mass is 495 g/mol. The van der Waals surface area contributed by atoms with Crippen molar-refractivity contribution in [3.8, 4) is 0 Å². The number of rotatable bonds is 6. The zero-order valence-electron chi connectivity index (χ0n) is 14.0. The highest BCUT2D eigenvalue weighted by Gasteiger charge is 2.08. The molecule has 1 aromatic carbocycles. The summed E-state index contributed by atoms with van der Waals surface area (Å²) in [7, 11) is -2.01. The number of benzene rings is 1. The van der Waals surface area contributed by atoms with Gasteiger partial charge in [-0.2, -0.15) is 0 Å². The fourth-order valence-corrected chi connectivity index (χ4v) is 3.30. The highest BCUT2D eigenvalue weighted by molar-refractivity contribution is 14.0. The Labute approximate surface area is 169 Å². The van der Waals surface area contributed by atoms with Crippen molar-refractivity contribution in [1.82, 2.24) is 15.6 Å². The summed E-state index contributed by atoms with van der Waals surface area (Å²) in [5, 5.41) is 14.6. The van der Waals surface area contributed by atoms with E-state index in [9.17, 15) is 8.42 Å². The number of hydrogen-bond acceptors (Lipinski definition) is 5. The van der Waals surface area contributed by atoms with Crippen LogP contribution in [0.25, 0.3) is 0 Å². The summed E-state index contributed by atoms with van der Waals surface area (Å²) in [6.45, 7) is 3.14. The Morgan fingerprint density at radius 2 is 2.12 bits per heavy atom. The first-order chi connectivity index (χ1) is 11.4. The number of nitrogens with two attached hydrogens (primary N) is 1. The second kappa shape index (κ2) is 10.0. The van der Waals surface area contributed by atoms with Gasteiger partial charge in [0.25, 0.3) is 0 Å². The lowest BCUT2D eigenvalue weighted by atomic mass is 10.2. The van der Waals surface area contributed by atoms with Crippen LogP contribution >= 0.6 is 35.3 Å². The summed E-state index contributed by atoms with van der Waals surface area (Å²) in [4.78, 5) is 8.65. The number of aromatic nitrogens is 1. The molecule has 0 atom stereocenters. The number of guanidine groups is 1. The maximum Gasteiger partial charge on any atom is 0.238 e. The molecular weight excluding hydrogens is 473 g/mol. The molecule has 10 heteroatoms. The number of nitrogens with one attached hydrogen (secondary N) is 2. The fraction of sp³-hybridized carbons (Fsp3) is 0.333. The molecule has 0 radical (unpaired) electrons. The maximum absolute atomic E-state index is 11.4. The van der Waals surface area contributed by atoms with Gasteiger partial charge >= 0.3 is 0 Å². The van der Waals surface area contributed by atoms with E-state index in [1.54, 1.807) is 30.5 Å². The van der Waals surface area contributed by atoms with E-state index in [1.165, 1.54) is 6.07 Å². The van der Waals surface area contributed by atoms with Gasteiger partial charge in [-0.3, -0.25) is 4.99 Å². The number of aryl methyl sites for hydroxylation is 1. The van der Waals surface area contributed by atoms with Crippen molar-refractivity contribution in [2.75, 3.05) is 13.6 Å². The minimum absolute atomic E-state index is 0. The second-order valence-electron chi connectivity index (χ2n) is 5.15. The van der Waals surface area contributed by atoms with Gasteiger partial charge in [0.1, 0.15) is 0 Å². The summed E-state index contributed by atoms with van der Waals surface area (Å²) in [5.74, 6) is 0.642. The van der Waals surface area contributed by atoms with Crippen LogP contribution in [0.3, 0.4) is 0 Å². The first kappa shape index (κ1) is 21.8. The van der Waals surface area contributed by atoms with E-state index in [0.29, 0.717) is 19.0 Å². The molecule has 1 heterocycles. The summed E-state index contributed by atoms with van der Waals surface area (Å²) < 4.78 is 22.7. The van der Waals surface area contributed by atoms with Gasteiger partial charge in [0.05, 0.1) is 15.6 Å². The molecule has 138 valence electrons. The Hall–Kier alpha value is -1.24. The predicted octanol–water partition coefficient (Wildman–Crippen LogP) is 1.62. The zero-order chi connectivity index (χ0) is 17.6. The van der Waals surface area contributed by atoms with Crippen LogP contribution in [0.15, 0.2) is 39.5 Å². The minimum atomic E-state index is -3.69. The van der Waals surface area contributed by atoms with Gasteiger partial charge in [0, 0.05) is 31.9 Å². The molecule has 0 spiro atoms. The quantitative estimate of drug-likeness (QED) is 0.321. The molecule has 0 aliphatic heterocycles. The molecule has 1 aromatic heterocycles. The molecule has 0 aliphatic rings. The lowest BCUT2D eigenvalue weighted by molar-refractivity contribution is 0.597. The third kappa shape index (κ3) is 7.26. The van der Waals surface area contributed by atoms with E-state index >= 15 is 0 Å². The number of sulfonamides is 1. The molecule has 0 saturated carbocycles. The smallest absolute Gasteiger partial charge is 0.238 e. The molecule has 0 bridgehead atoms. The van der Waals surface area contributed by atoms with Crippen LogP contribution in [0.5, 0.6) is 0 Å². The van der Waals surface area contributed by atoms with Gasteiger partial charge in [-0.1, -0.05) is 12.1 Å². The molecule has 4 N–H and O–H groups in total. The van der Waals surface area contributed by atoms with Crippen molar-refractivity contribution in [2.45, 2.75) is 24.8 Å². The third-order valence-electron chi connectivity index (χ3n) is 3.25. The van der Waals surface area contributed by atoms with Crippen LogP contribution < -0.4 is 15.8 Å². The standard InChI is InChI=1S/C15H21N5O2S2.HI/c1-11-20-13(10-23-11)6-7-18-15(17-2)19-9-12-4-3-5-14(8-12)24(16,21)22;/h3-5,8,10H,6-7,9H2,1-2H3,(H2,16,21,22)(H2,17,18,19);1H. The third-order valence-corrected chi connectivity index (χ3v) is 4.98. The van der Waals surface area contributed by atoms with E-state index < -0.39 is 10.0 Å². The molecule has 0 saturated heterocycles. The number of halogens is 1. The number of hydrogen-bond donors (Lipinski definition) is 3. The normalized spacial score (nSPS) is 11.7. The van der Waals surface area contributed by atoms with Gasteiger partial charge in [-0.05, 0) is 24.6 Å². The molecule has 0 unspecified atom stereocenters. The summed E-state index contributed by atoms with van der Waals surface area (Å²) in [5.41, 5.74) is 1.86. The highest BCUT2D eigenvalue weighted by atomic mass is 127. The second-order valence-corrected chi connectivity index (χ2v) is 7.78. The van der Waals surface area contributed by atoms with Gasteiger partial charge in [-0.15, -0.1) is 35.3 Å². The number of primary sulfonamides is 1. The lowest BCUT2D eigenvalue weighted by Crippen LogP contribution is -2.37. The molecule has 25 heavy (non-hydrogen) atoms. The van der Waals surface area contributed by atoms with Crippen LogP contribution in [0.4, 0.5) is 0 Å². The molecule has 2 aromatic rings.